The van der Waals surface area contributed by atoms with E-state index in [-0.39, 0.29) is 10.9 Å². The highest BCUT2D eigenvalue weighted by Gasteiger charge is 2.33. The van der Waals surface area contributed by atoms with Crippen molar-refractivity contribution in [3.05, 3.63) is 40.3 Å². The summed E-state index contributed by atoms with van der Waals surface area (Å²) < 4.78 is 38.0. The third-order valence-electron chi connectivity index (χ3n) is 2.80. The summed E-state index contributed by atoms with van der Waals surface area (Å²) in [6, 6.07) is 0.487. The van der Waals surface area contributed by atoms with Crippen LogP contribution in [-0.2, 0) is 18.3 Å². The number of hydrogen-bond donors (Lipinski definition) is 1. The zero-order valence-corrected chi connectivity index (χ0v) is 12.9. The zero-order chi connectivity index (χ0) is 16.3. The number of aromatic hydroxyl groups is 1. The Morgan fingerprint density at radius 3 is 2.64 bits per heavy atom. The van der Waals surface area contributed by atoms with Gasteiger partial charge in [0.15, 0.2) is 10.9 Å². The van der Waals surface area contributed by atoms with Crippen LogP contribution in [0.25, 0.3) is 0 Å². The molecule has 0 aromatic carbocycles. The number of rotatable bonds is 4. The molecule has 1 N–H and O–H groups in total. The van der Waals surface area contributed by atoms with Crippen molar-refractivity contribution in [1.82, 2.24) is 15.0 Å². The summed E-state index contributed by atoms with van der Waals surface area (Å²) in [5.41, 5.74) is 0.486. The highest BCUT2D eigenvalue weighted by molar-refractivity contribution is 7.98. The van der Waals surface area contributed by atoms with Crippen LogP contribution in [-0.4, -0.2) is 20.1 Å². The Kier molecular flexibility index (Phi) is 5.12. The van der Waals surface area contributed by atoms with E-state index in [2.05, 4.69) is 15.0 Å². The average Bonchev–Trinajstić information content (AvgIpc) is 2.44. The predicted octanol–water partition coefficient (Wildman–Crippen LogP) is 4.10. The Hall–Kier alpha value is -1.54. The molecule has 0 unspecified atom stereocenters. The summed E-state index contributed by atoms with van der Waals surface area (Å²) in [5, 5.41) is 9.58. The Labute approximate surface area is 133 Å². The van der Waals surface area contributed by atoms with Gasteiger partial charge in [-0.3, -0.25) is 4.98 Å². The van der Waals surface area contributed by atoms with Crippen LogP contribution in [0.1, 0.15) is 23.7 Å². The molecule has 2 aromatic heterocycles. The third kappa shape index (κ3) is 4.01. The summed E-state index contributed by atoms with van der Waals surface area (Å²) >= 11 is 7.03. The van der Waals surface area contributed by atoms with Crippen LogP contribution in [0, 0.1) is 0 Å². The normalized spacial score (nSPS) is 11.7. The molecule has 2 rings (SSSR count). The molecule has 0 fully saturated rings. The molecule has 22 heavy (non-hydrogen) atoms. The molecule has 2 aromatic rings. The van der Waals surface area contributed by atoms with Crippen LogP contribution in [0.15, 0.2) is 23.6 Å². The summed E-state index contributed by atoms with van der Waals surface area (Å²) in [7, 11) is 0. The Bertz CT molecular complexity index is 682. The first-order valence-corrected chi connectivity index (χ1v) is 7.57. The highest BCUT2D eigenvalue weighted by atomic mass is 35.5. The average molecular weight is 350 g/mol. The Morgan fingerprint density at radius 1 is 1.27 bits per heavy atom. The molecule has 0 bridgehead atoms. The van der Waals surface area contributed by atoms with Crippen LogP contribution in [0.5, 0.6) is 5.88 Å². The van der Waals surface area contributed by atoms with Crippen molar-refractivity contribution in [1.29, 1.82) is 0 Å². The van der Waals surface area contributed by atoms with E-state index in [0.29, 0.717) is 17.5 Å². The van der Waals surface area contributed by atoms with Gasteiger partial charge in [0.2, 0.25) is 5.88 Å². The van der Waals surface area contributed by atoms with E-state index >= 15 is 0 Å². The number of nitrogens with zero attached hydrogens (tertiary/aromatic N) is 3. The van der Waals surface area contributed by atoms with E-state index in [1.54, 1.807) is 6.20 Å². The van der Waals surface area contributed by atoms with E-state index in [0.717, 1.165) is 22.9 Å². The van der Waals surface area contributed by atoms with Gasteiger partial charge in [-0.05, 0) is 17.5 Å². The molecule has 4 nitrogen and oxygen atoms in total. The standard InChI is InChI=1S/C13H11ClF3N3OS/c1-2-7-4-18-5-9(14)8(7)6-22-12-19-10(13(15,16)17)3-11(21)20-12/h3-5H,2,6H2,1H3,(H,19,20,21). The van der Waals surface area contributed by atoms with Crippen LogP contribution >= 0.6 is 23.4 Å². The van der Waals surface area contributed by atoms with Gasteiger partial charge in [0.25, 0.3) is 0 Å². The van der Waals surface area contributed by atoms with Crippen molar-refractivity contribution in [3.8, 4) is 5.88 Å². The lowest BCUT2D eigenvalue weighted by Gasteiger charge is -2.10. The van der Waals surface area contributed by atoms with Gasteiger partial charge in [0.05, 0.1) is 5.02 Å². The highest BCUT2D eigenvalue weighted by Crippen LogP contribution is 2.32. The second-order valence-electron chi connectivity index (χ2n) is 4.29. The molecular weight excluding hydrogens is 339 g/mol. The van der Waals surface area contributed by atoms with Crippen molar-refractivity contribution >= 4 is 23.4 Å². The van der Waals surface area contributed by atoms with Crippen LogP contribution in [0.2, 0.25) is 5.02 Å². The fourth-order valence-electron chi connectivity index (χ4n) is 1.73. The largest absolute Gasteiger partial charge is 0.493 e. The van der Waals surface area contributed by atoms with Crippen LogP contribution in [0.3, 0.4) is 0 Å². The van der Waals surface area contributed by atoms with Crippen molar-refractivity contribution < 1.29 is 18.3 Å². The van der Waals surface area contributed by atoms with E-state index in [1.807, 2.05) is 6.92 Å². The molecule has 0 aliphatic carbocycles. The lowest BCUT2D eigenvalue weighted by Crippen LogP contribution is -2.09. The number of pyridine rings is 1. The first-order valence-electron chi connectivity index (χ1n) is 6.20. The van der Waals surface area contributed by atoms with Crippen LogP contribution in [0.4, 0.5) is 13.2 Å². The second-order valence-corrected chi connectivity index (χ2v) is 5.64. The molecule has 0 amide bonds. The molecule has 0 saturated heterocycles. The SMILES string of the molecule is CCc1cncc(Cl)c1CSc1nc(O)cc(C(F)(F)F)n1. The van der Waals surface area contributed by atoms with Gasteiger partial charge in [0.1, 0.15) is 0 Å². The van der Waals surface area contributed by atoms with Crippen LogP contribution < -0.4 is 0 Å². The summed E-state index contributed by atoms with van der Waals surface area (Å²) in [4.78, 5) is 11.0. The number of aryl methyl sites for hydroxylation is 1. The lowest BCUT2D eigenvalue weighted by atomic mass is 10.1. The molecule has 0 atom stereocenters. The molecule has 0 radical (unpaired) electrons. The van der Waals surface area contributed by atoms with E-state index in [9.17, 15) is 18.3 Å². The molecule has 2 heterocycles. The number of halogens is 4. The maximum atomic E-state index is 12.7. The van der Waals surface area contributed by atoms with Gasteiger partial charge < -0.3 is 5.11 Å². The zero-order valence-electron chi connectivity index (χ0n) is 11.4. The maximum absolute atomic E-state index is 12.7. The van der Waals surface area contributed by atoms with Gasteiger partial charge in [0, 0.05) is 24.2 Å². The Balaban J connectivity index is 2.24. The minimum absolute atomic E-state index is 0.165. The number of alkyl halides is 3. The fraction of sp³-hybridized carbons (Fsp3) is 0.308. The molecule has 0 aliphatic heterocycles. The van der Waals surface area contributed by atoms with Gasteiger partial charge in [-0.2, -0.15) is 18.2 Å². The Morgan fingerprint density at radius 2 is 2.00 bits per heavy atom. The summed E-state index contributed by atoms with van der Waals surface area (Å²) in [6.07, 6.45) is -0.815. The van der Waals surface area contributed by atoms with E-state index in [4.69, 9.17) is 11.6 Å². The van der Waals surface area contributed by atoms with Gasteiger partial charge in [-0.15, -0.1) is 0 Å². The maximum Gasteiger partial charge on any atom is 0.433 e. The van der Waals surface area contributed by atoms with E-state index < -0.39 is 17.8 Å². The first kappa shape index (κ1) is 16.8. The third-order valence-corrected chi connectivity index (χ3v) is 4.00. The van der Waals surface area contributed by atoms with Gasteiger partial charge in [-0.25, -0.2) is 4.98 Å². The van der Waals surface area contributed by atoms with E-state index in [1.165, 1.54) is 6.20 Å². The number of hydrogen-bond acceptors (Lipinski definition) is 5. The van der Waals surface area contributed by atoms with Gasteiger partial charge >= 0.3 is 6.18 Å². The molecule has 118 valence electrons. The number of aromatic nitrogens is 3. The lowest BCUT2D eigenvalue weighted by molar-refractivity contribution is -0.141. The van der Waals surface area contributed by atoms with Gasteiger partial charge in [-0.1, -0.05) is 30.3 Å². The fourth-order valence-corrected chi connectivity index (χ4v) is 2.99. The number of thioether (sulfide) groups is 1. The minimum Gasteiger partial charge on any atom is -0.493 e. The summed E-state index contributed by atoms with van der Waals surface area (Å²) in [6.45, 7) is 1.92. The van der Waals surface area contributed by atoms with Crippen molar-refractivity contribution in [2.45, 2.75) is 30.4 Å². The quantitative estimate of drug-likeness (QED) is 0.665. The molecular formula is C13H11ClF3N3OS. The molecule has 0 aliphatic rings. The monoisotopic (exact) mass is 349 g/mol. The predicted molar refractivity (Wildman–Crippen MR) is 76.9 cm³/mol. The molecule has 9 heteroatoms. The smallest absolute Gasteiger partial charge is 0.433 e. The summed E-state index contributed by atoms with van der Waals surface area (Å²) in [5.74, 6) is -0.438. The first-order chi connectivity index (χ1) is 10.3. The minimum atomic E-state index is -4.64. The second kappa shape index (κ2) is 6.70. The topological polar surface area (TPSA) is 58.9 Å². The molecule has 0 spiro atoms. The van der Waals surface area contributed by atoms with Crippen molar-refractivity contribution in [3.63, 3.8) is 0 Å². The van der Waals surface area contributed by atoms with Crippen molar-refractivity contribution in [2.75, 3.05) is 0 Å². The van der Waals surface area contributed by atoms with Crippen molar-refractivity contribution in [2.24, 2.45) is 0 Å². The molecule has 0 saturated carbocycles.